The van der Waals surface area contributed by atoms with Crippen molar-refractivity contribution in [2.75, 3.05) is 7.11 Å². The third kappa shape index (κ3) is 3.46. The number of aromatic nitrogens is 3. The SMILES string of the molecule is COC(=O)c1c(C)n([C@H](C)C2CCC(O)CC2)c2ccc(-c3cnn(C)c3)cc12. The molecule has 154 valence electrons. The maximum absolute atomic E-state index is 12.7. The second kappa shape index (κ2) is 7.67. The summed E-state index contributed by atoms with van der Waals surface area (Å²) in [6, 6.07) is 6.51. The summed E-state index contributed by atoms with van der Waals surface area (Å²) in [7, 11) is 3.33. The number of hydrogen-bond donors (Lipinski definition) is 1. The zero-order valence-electron chi connectivity index (χ0n) is 17.6. The molecule has 0 spiro atoms. The molecule has 1 atom stereocenters. The van der Waals surface area contributed by atoms with Crippen LogP contribution in [0.15, 0.2) is 30.6 Å². The maximum atomic E-state index is 12.7. The van der Waals surface area contributed by atoms with Crippen LogP contribution < -0.4 is 0 Å². The first kappa shape index (κ1) is 19.7. The molecule has 0 amide bonds. The van der Waals surface area contributed by atoms with Crippen LogP contribution in [0.2, 0.25) is 0 Å². The summed E-state index contributed by atoms with van der Waals surface area (Å²) in [5, 5.41) is 15.1. The van der Waals surface area contributed by atoms with Crippen LogP contribution in [0, 0.1) is 12.8 Å². The van der Waals surface area contributed by atoms with E-state index in [9.17, 15) is 9.90 Å². The smallest absolute Gasteiger partial charge is 0.340 e. The number of esters is 1. The number of rotatable bonds is 4. The highest BCUT2D eigenvalue weighted by atomic mass is 16.5. The number of benzene rings is 1. The fraction of sp³-hybridized carbons (Fsp3) is 0.478. The van der Waals surface area contributed by atoms with Crippen molar-refractivity contribution in [3.63, 3.8) is 0 Å². The van der Waals surface area contributed by atoms with Crippen molar-refractivity contribution in [1.82, 2.24) is 14.3 Å². The molecule has 4 rings (SSSR count). The Labute approximate surface area is 171 Å². The van der Waals surface area contributed by atoms with Gasteiger partial charge in [0.25, 0.3) is 0 Å². The van der Waals surface area contributed by atoms with Crippen LogP contribution in [0.3, 0.4) is 0 Å². The van der Waals surface area contributed by atoms with Gasteiger partial charge in [-0.3, -0.25) is 4.68 Å². The van der Waals surface area contributed by atoms with Crippen molar-refractivity contribution < 1.29 is 14.6 Å². The summed E-state index contributed by atoms with van der Waals surface area (Å²) in [5.74, 6) is 0.178. The van der Waals surface area contributed by atoms with Gasteiger partial charge >= 0.3 is 5.97 Å². The average molecular weight is 396 g/mol. The number of fused-ring (bicyclic) bond motifs is 1. The lowest BCUT2D eigenvalue weighted by Crippen LogP contribution is -2.25. The third-order valence-corrected chi connectivity index (χ3v) is 6.51. The summed E-state index contributed by atoms with van der Waals surface area (Å²) in [5.41, 5.74) is 4.67. The topological polar surface area (TPSA) is 69.3 Å². The molecule has 2 aromatic heterocycles. The minimum atomic E-state index is -0.305. The minimum Gasteiger partial charge on any atom is -0.465 e. The standard InChI is InChI=1S/C23H29N3O3/c1-14(16-5-8-19(27)9-6-16)26-15(2)22(23(28)29-4)20-11-17(7-10-21(20)26)18-12-24-25(3)13-18/h7,10-14,16,19,27H,5-6,8-9H2,1-4H3/t14-,16?,19?/m1/s1. The van der Waals surface area contributed by atoms with Crippen LogP contribution in [-0.4, -0.2) is 38.6 Å². The molecule has 0 unspecified atom stereocenters. The van der Waals surface area contributed by atoms with Gasteiger partial charge in [-0.25, -0.2) is 4.79 Å². The summed E-state index contributed by atoms with van der Waals surface area (Å²) in [4.78, 5) is 12.7. The lowest BCUT2D eigenvalue weighted by Gasteiger charge is -2.32. The second-order valence-electron chi connectivity index (χ2n) is 8.27. The normalized spacial score (nSPS) is 20.7. The van der Waals surface area contributed by atoms with E-state index in [4.69, 9.17) is 4.74 Å². The molecule has 0 saturated heterocycles. The van der Waals surface area contributed by atoms with Gasteiger partial charge in [0.05, 0.1) is 25.0 Å². The highest BCUT2D eigenvalue weighted by molar-refractivity contribution is 6.07. The Morgan fingerprint density at radius 3 is 2.59 bits per heavy atom. The van der Waals surface area contributed by atoms with Gasteiger partial charge in [0.2, 0.25) is 0 Å². The fourth-order valence-corrected chi connectivity index (χ4v) is 4.87. The van der Waals surface area contributed by atoms with Gasteiger partial charge in [-0.15, -0.1) is 0 Å². The van der Waals surface area contributed by atoms with E-state index >= 15 is 0 Å². The molecule has 6 heteroatoms. The van der Waals surface area contributed by atoms with E-state index in [0.717, 1.165) is 53.4 Å². The van der Waals surface area contributed by atoms with Crippen LogP contribution in [0.5, 0.6) is 0 Å². The predicted octanol–water partition coefficient (Wildman–Crippen LogP) is 4.25. The Hall–Kier alpha value is -2.60. The van der Waals surface area contributed by atoms with Gasteiger partial charge in [-0.2, -0.15) is 5.10 Å². The Balaban J connectivity index is 1.84. The molecule has 0 radical (unpaired) electrons. The number of carbonyl (C=O) groups excluding carboxylic acids is 1. The molecule has 0 aliphatic heterocycles. The molecule has 0 bridgehead atoms. The largest absolute Gasteiger partial charge is 0.465 e. The number of aliphatic hydroxyl groups excluding tert-OH is 1. The van der Waals surface area contributed by atoms with Crippen LogP contribution in [-0.2, 0) is 11.8 Å². The number of hydrogen-bond acceptors (Lipinski definition) is 4. The van der Waals surface area contributed by atoms with E-state index in [0.29, 0.717) is 11.5 Å². The van der Waals surface area contributed by atoms with E-state index in [2.05, 4.69) is 34.8 Å². The van der Waals surface area contributed by atoms with Crippen molar-refractivity contribution >= 4 is 16.9 Å². The molecule has 29 heavy (non-hydrogen) atoms. The average Bonchev–Trinajstić information content (AvgIpc) is 3.27. The van der Waals surface area contributed by atoms with Gasteiger partial charge in [0.1, 0.15) is 0 Å². The van der Waals surface area contributed by atoms with Crippen molar-refractivity contribution in [3.05, 3.63) is 41.9 Å². The number of methoxy groups -OCH3 is 1. The van der Waals surface area contributed by atoms with E-state index in [-0.39, 0.29) is 18.1 Å². The molecule has 1 N–H and O–H groups in total. The number of nitrogens with zero attached hydrogens (tertiary/aromatic N) is 3. The van der Waals surface area contributed by atoms with Crippen LogP contribution in [0.25, 0.3) is 22.0 Å². The molecule has 2 heterocycles. The highest BCUT2D eigenvalue weighted by Crippen LogP contribution is 2.39. The van der Waals surface area contributed by atoms with Gasteiger partial charge in [0.15, 0.2) is 0 Å². The number of ether oxygens (including phenoxy) is 1. The molecule has 3 aromatic rings. The number of carbonyl (C=O) groups is 1. The minimum absolute atomic E-state index is 0.173. The fourth-order valence-electron chi connectivity index (χ4n) is 4.87. The summed E-state index contributed by atoms with van der Waals surface area (Å²) in [6.07, 6.45) is 7.34. The van der Waals surface area contributed by atoms with E-state index in [1.54, 1.807) is 4.68 Å². The van der Waals surface area contributed by atoms with E-state index in [1.807, 2.05) is 26.4 Å². The zero-order chi connectivity index (χ0) is 20.7. The Bertz CT molecular complexity index is 1040. The Morgan fingerprint density at radius 2 is 1.97 bits per heavy atom. The summed E-state index contributed by atoms with van der Waals surface area (Å²) >= 11 is 0. The van der Waals surface area contributed by atoms with E-state index < -0.39 is 0 Å². The molecule has 1 aliphatic rings. The monoisotopic (exact) mass is 395 g/mol. The second-order valence-corrected chi connectivity index (χ2v) is 8.27. The van der Waals surface area contributed by atoms with Crippen LogP contribution in [0.1, 0.15) is 54.7 Å². The maximum Gasteiger partial charge on any atom is 0.340 e. The lowest BCUT2D eigenvalue weighted by molar-refractivity contribution is 0.0601. The molecule has 1 aliphatic carbocycles. The Morgan fingerprint density at radius 1 is 1.24 bits per heavy atom. The van der Waals surface area contributed by atoms with Crippen molar-refractivity contribution in [2.24, 2.45) is 13.0 Å². The first-order valence-corrected chi connectivity index (χ1v) is 10.3. The lowest BCUT2D eigenvalue weighted by atomic mass is 9.83. The quantitative estimate of drug-likeness (QED) is 0.671. The molecule has 1 fully saturated rings. The molecule has 1 saturated carbocycles. The first-order chi connectivity index (χ1) is 13.9. The van der Waals surface area contributed by atoms with Gasteiger partial charge < -0.3 is 14.4 Å². The van der Waals surface area contributed by atoms with Crippen molar-refractivity contribution in [3.8, 4) is 11.1 Å². The molecule has 1 aromatic carbocycles. The van der Waals surface area contributed by atoms with Gasteiger partial charge in [-0.05, 0) is 63.1 Å². The number of aryl methyl sites for hydroxylation is 1. The van der Waals surface area contributed by atoms with Gasteiger partial charge in [-0.1, -0.05) is 6.07 Å². The summed E-state index contributed by atoms with van der Waals surface area (Å²) < 4.78 is 9.19. The predicted molar refractivity (Wildman–Crippen MR) is 113 cm³/mol. The van der Waals surface area contributed by atoms with Gasteiger partial charge in [0, 0.05) is 41.4 Å². The zero-order valence-corrected chi connectivity index (χ0v) is 17.6. The van der Waals surface area contributed by atoms with Crippen molar-refractivity contribution in [1.29, 1.82) is 0 Å². The Kier molecular flexibility index (Phi) is 5.21. The number of aliphatic hydroxyl groups is 1. The molecular formula is C23H29N3O3. The third-order valence-electron chi connectivity index (χ3n) is 6.51. The van der Waals surface area contributed by atoms with Crippen molar-refractivity contribution in [2.45, 2.75) is 51.7 Å². The van der Waals surface area contributed by atoms with Crippen LogP contribution in [0.4, 0.5) is 0 Å². The molecular weight excluding hydrogens is 366 g/mol. The van der Waals surface area contributed by atoms with E-state index in [1.165, 1.54) is 7.11 Å². The first-order valence-electron chi connectivity index (χ1n) is 10.3. The summed E-state index contributed by atoms with van der Waals surface area (Å²) in [6.45, 7) is 4.23. The highest BCUT2D eigenvalue weighted by Gasteiger charge is 2.29. The molecule has 6 nitrogen and oxygen atoms in total. The van der Waals surface area contributed by atoms with Crippen LogP contribution >= 0.6 is 0 Å².